The highest BCUT2D eigenvalue weighted by Gasteiger charge is 2.49. The Bertz CT molecular complexity index is 1400. The molecular weight excluding hydrogens is 490 g/mol. The molecule has 3 N–H and O–H groups in total. The molecule has 1 spiro atoms. The van der Waals surface area contributed by atoms with Crippen molar-refractivity contribution in [2.24, 2.45) is 0 Å². The smallest absolute Gasteiger partial charge is 0.253 e. The fourth-order valence-electron chi connectivity index (χ4n) is 5.67. The summed E-state index contributed by atoms with van der Waals surface area (Å²) >= 11 is 6.55. The number of benzene rings is 2. The zero-order chi connectivity index (χ0) is 25.0. The van der Waals surface area contributed by atoms with E-state index >= 15 is 8.78 Å². The summed E-state index contributed by atoms with van der Waals surface area (Å²) in [7, 11) is 0. The normalized spacial score (nSPS) is 20.1. The molecule has 1 aromatic heterocycles. The predicted octanol–water partition coefficient (Wildman–Crippen LogP) is 3.16. The van der Waals surface area contributed by atoms with E-state index in [2.05, 4.69) is 26.6 Å². The van der Waals surface area contributed by atoms with Gasteiger partial charge in [0, 0.05) is 55.6 Å². The number of fused-ring (bicyclic) bond motifs is 5. The molecule has 4 bridgehead atoms. The first-order valence-corrected chi connectivity index (χ1v) is 12.1. The van der Waals surface area contributed by atoms with Gasteiger partial charge in [-0.15, -0.1) is 0 Å². The van der Waals surface area contributed by atoms with Gasteiger partial charge < -0.3 is 25.4 Å². The monoisotopic (exact) mass is 512 g/mol. The molecular formula is C26H23ClF2N4O3. The molecule has 3 aliphatic rings. The molecule has 0 aliphatic carbocycles. The van der Waals surface area contributed by atoms with Crippen molar-refractivity contribution in [1.82, 2.24) is 15.6 Å². The van der Waals surface area contributed by atoms with Crippen LogP contribution in [0.4, 0.5) is 14.5 Å². The second kappa shape index (κ2) is 8.69. The minimum Gasteiger partial charge on any atom is -0.473 e. The number of aromatic nitrogens is 1. The van der Waals surface area contributed by atoms with Crippen molar-refractivity contribution in [2.75, 3.05) is 37.7 Å². The number of amides is 1. The summed E-state index contributed by atoms with van der Waals surface area (Å²) in [6.45, 7) is 1.59. The Balaban J connectivity index is 1.69. The zero-order valence-electron chi connectivity index (χ0n) is 19.2. The number of hydrogen-bond donors (Lipinski definition) is 3. The van der Waals surface area contributed by atoms with Crippen LogP contribution >= 0.6 is 11.6 Å². The molecule has 1 amide bonds. The van der Waals surface area contributed by atoms with E-state index in [0.717, 1.165) is 11.1 Å². The molecule has 3 aromatic rings. The van der Waals surface area contributed by atoms with E-state index in [1.165, 1.54) is 12.3 Å². The van der Waals surface area contributed by atoms with Crippen LogP contribution in [-0.4, -0.2) is 48.8 Å². The Morgan fingerprint density at radius 3 is 2.94 bits per heavy atom. The van der Waals surface area contributed by atoms with E-state index < -0.39 is 29.0 Å². The number of hydrogen-bond acceptors (Lipinski definition) is 6. The number of anilines is 1. The number of rotatable bonds is 3. The Morgan fingerprint density at radius 1 is 1.25 bits per heavy atom. The van der Waals surface area contributed by atoms with Crippen LogP contribution < -0.4 is 20.3 Å². The van der Waals surface area contributed by atoms with Crippen LogP contribution in [0, 0.1) is 11.6 Å². The van der Waals surface area contributed by atoms with Gasteiger partial charge in [-0.2, -0.15) is 0 Å². The topological polar surface area (TPSA) is 86.7 Å². The summed E-state index contributed by atoms with van der Waals surface area (Å²) in [6, 6.07) is 9.35. The SMILES string of the molecule is O=C1NCc2cccc(c2)C23CNCCN2c2cc(F)c(Cl)c(c2C3)-c2c1cnc(OCCO)c2F. The van der Waals surface area contributed by atoms with E-state index in [1.54, 1.807) is 0 Å². The van der Waals surface area contributed by atoms with Crippen LogP contribution in [0.15, 0.2) is 36.5 Å². The molecule has 6 rings (SSSR count). The fraction of sp³-hybridized carbons (Fsp3) is 0.308. The number of carbonyl (C=O) groups excluding carboxylic acids is 1. The number of carbonyl (C=O) groups is 1. The summed E-state index contributed by atoms with van der Waals surface area (Å²) in [6.07, 6.45) is 1.64. The first kappa shape index (κ1) is 23.1. The number of nitrogens with zero attached hydrogens (tertiary/aromatic N) is 2. The van der Waals surface area contributed by atoms with Crippen LogP contribution in [0.1, 0.15) is 27.0 Å². The van der Waals surface area contributed by atoms with E-state index in [4.69, 9.17) is 21.4 Å². The van der Waals surface area contributed by atoms with Crippen molar-refractivity contribution in [3.8, 4) is 17.0 Å². The first-order valence-electron chi connectivity index (χ1n) is 11.7. The molecule has 1 unspecified atom stereocenters. The number of aliphatic hydroxyl groups is 1. The minimum atomic E-state index is -0.932. The Kier molecular flexibility index (Phi) is 5.59. The third kappa shape index (κ3) is 3.37. The van der Waals surface area contributed by atoms with Crippen LogP contribution in [0.2, 0.25) is 5.02 Å². The van der Waals surface area contributed by atoms with Gasteiger partial charge in [0.25, 0.3) is 11.8 Å². The number of nitrogens with one attached hydrogen (secondary N) is 2. The second-order valence-electron chi connectivity index (χ2n) is 9.20. The molecule has 0 radical (unpaired) electrons. The lowest BCUT2D eigenvalue weighted by atomic mass is 9.82. The van der Waals surface area contributed by atoms with Crippen molar-refractivity contribution in [2.45, 2.75) is 18.5 Å². The van der Waals surface area contributed by atoms with Crippen molar-refractivity contribution in [3.05, 3.63) is 75.4 Å². The molecule has 3 aliphatic heterocycles. The van der Waals surface area contributed by atoms with Crippen LogP contribution in [0.3, 0.4) is 0 Å². The van der Waals surface area contributed by atoms with Gasteiger partial charge in [-0.3, -0.25) is 4.79 Å². The van der Waals surface area contributed by atoms with Crippen molar-refractivity contribution in [1.29, 1.82) is 0 Å². The summed E-state index contributed by atoms with van der Waals surface area (Å²) in [4.78, 5) is 19.4. The molecule has 1 saturated heterocycles. The molecule has 36 heavy (non-hydrogen) atoms. The Hall–Kier alpha value is -3.27. The molecule has 4 heterocycles. The number of piperazine rings is 1. The van der Waals surface area contributed by atoms with Crippen LogP contribution in [0.25, 0.3) is 11.1 Å². The quantitative estimate of drug-likeness (QED) is 0.500. The van der Waals surface area contributed by atoms with Crippen molar-refractivity contribution >= 4 is 23.2 Å². The maximum atomic E-state index is 16.0. The van der Waals surface area contributed by atoms with Gasteiger partial charge in [0.1, 0.15) is 12.4 Å². The highest BCUT2D eigenvalue weighted by atomic mass is 35.5. The summed E-state index contributed by atoms with van der Waals surface area (Å²) in [5, 5.41) is 15.2. The van der Waals surface area contributed by atoms with E-state index in [-0.39, 0.29) is 41.5 Å². The van der Waals surface area contributed by atoms with Gasteiger partial charge in [0.15, 0.2) is 5.82 Å². The summed E-state index contributed by atoms with van der Waals surface area (Å²) < 4.78 is 36.7. The predicted molar refractivity (Wildman–Crippen MR) is 130 cm³/mol. The third-order valence-electron chi connectivity index (χ3n) is 7.24. The lowest BCUT2D eigenvalue weighted by molar-refractivity contribution is 0.0950. The summed E-state index contributed by atoms with van der Waals surface area (Å²) in [5.74, 6) is -2.60. The van der Waals surface area contributed by atoms with Crippen LogP contribution in [-0.2, 0) is 18.5 Å². The van der Waals surface area contributed by atoms with Crippen LogP contribution in [0.5, 0.6) is 5.88 Å². The molecule has 186 valence electrons. The van der Waals surface area contributed by atoms with Gasteiger partial charge in [0.05, 0.1) is 22.7 Å². The fourth-order valence-corrected chi connectivity index (χ4v) is 5.93. The molecule has 2 aromatic carbocycles. The molecule has 7 nitrogen and oxygen atoms in total. The number of aliphatic hydroxyl groups excluding tert-OH is 1. The van der Waals surface area contributed by atoms with E-state index in [9.17, 15) is 4.79 Å². The largest absolute Gasteiger partial charge is 0.473 e. The molecule has 10 heteroatoms. The van der Waals surface area contributed by atoms with Gasteiger partial charge >= 0.3 is 0 Å². The van der Waals surface area contributed by atoms with E-state index in [0.29, 0.717) is 37.3 Å². The van der Waals surface area contributed by atoms with Gasteiger partial charge in [-0.05, 0) is 22.8 Å². The molecule has 1 atom stereocenters. The zero-order valence-corrected chi connectivity index (χ0v) is 20.0. The number of ether oxygens (including phenoxy) is 1. The highest BCUT2D eigenvalue weighted by Crippen LogP contribution is 2.52. The molecule has 0 saturated carbocycles. The van der Waals surface area contributed by atoms with Gasteiger partial charge in [-0.25, -0.2) is 13.8 Å². The lowest BCUT2D eigenvalue weighted by Crippen LogP contribution is -2.58. The maximum Gasteiger partial charge on any atom is 0.253 e. The second-order valence-corrected chi connectivity index (χ2v) is 9.58. The maximum absolute atomic E-state index is 16.0. The third-order valence-corrected chi connectivity index (χ3v) is 7.61. The minimum absolute atomic E-state index is 0.0766. The number of pyridine rings is 1. The average Bonchev–Trinajstić information content (AvgIpc) is 3.22. The van der Waals surface area contributed by atoms with E-state index in [1.807, 2.05) is 18.2 Å². The first-order chi connectivity index (χ1) is 17.4. The van der Waals surface area contributed by atoms with Crippen molar-refractivity contribution < 1.29 is 23.4 Å². The molecule has 1 fully saturated rings. The van der Waals surface area contributed by atoms with Gasteiger partial charge in [-0.1, -0.05) is 35.9 Å². The highest BCUT2D eigenvalue weighted by molar-refractivity contribution is 6.34. The summed E-state index contributed by atoms with van der Waals surface area (Å²) in [5.41, 5.74) is 2.53. The average molecular weight is 513 g/mol. The lowest BCUT2D eigenvalue weighted by Gasteiger charge is -2.45. The van der Waals surface area contributed by atoms with Gasteiger partial charge in [0.2, 0.25) is 0 Å². The Morgan fingerprint density at radius 2 is 2.11 bits per heavy atom. The number of halogens is 3. The standard InChI is InChI=1S/C26H23ClF2N4O3/c27-22-18(28)9-19-16-10-26(13-30-4-5-33(19)26)15-3-1-2-14(8-15)11-31-24(35)17-12-32-25(36-7-6-34)23(29)21(17)20(16)22/h1-3,8-9,12,30,34H,4-7,10-11,13H2,(H,31,35). The Labute approximate surface area is 211 Å². The van der Waals surface area contributed by atoms with Crippen molar-refractivity contribution in [3.63, 3.8) is 0 Å².